The van der Waals surface area contributed by atoms with Crippen LogP contribution in [0.1, 0.15) is 21.5 Å². The van der Waals surface area contributed by atoms with E-state index >= 15 is 0 Å². The molecule has 0 radical (unpaired) electrons. The predicted octanol–water partition coefficient (Wildman–Crippen LogP) is 3.68. The number of nitrogens with zero attached hydrogens (tertiary/aromatic N) is 1. The van der Waals surface area contributed by atoms with Crippen molar-refractivity contribution in [3.63, 3.8) is 0 Å². The summed E-state index contributed by atoms with van der Waals surface area (Å²) in [6, 6.07) is 17.6. The van der Waals surface area contributed by atoms with Crippen LogP contribution in [-0.2, 0) is 13.0 Å². The Labute approximate surface area is 170 Å². The molecule has 1 aromatic heterocycles. The number of aromatic nitrogens is 1. The third-order valence-electron chi connectivity index (χ3n) is 4.49. The minimum absolute atomic E-state index is 0.136. The van der Waals surface area contributed by atoms with Gasteiger partial charge in [0, 0.05) is 25.5 Å². The van der Waals surface area contributed by atoms with Crippen LogP contribution < -0.4 is 20.1 Å². The van der Waals surface area contributed by atoms with Gasteiger partial charge >= 0.3 is 0 Å². The summed E-state index contributed by atoms with van der Waals surface area (Å²) in [6.45, 7) is 1.15. The fourth-order valence-corrected chi connectivity index (χ4v) is 2.92. The van der Waals surface area contributed by atoms with E-state index in [0.717, 1.165) is 17.7 Å². The van der Waals surface area contributed by atoms with Crippen LogP contribution >= 0.6 is 0 Å². The van der Waals surface area contributed by atoms with E-state index in [1.165, 1.54) is 5.56 Å². The van der Waals surface area contributed by atoms with Crippen LogP contribution in [0.25, 0.3) is 0 Å². The molecule has 2 aromatic carbocycles. The second-order valence-corrected chi connectivity index (χ2v) is 6.50. The van der Waals surface area contributed by atoms with Crippen LogP contribution in [0.15, 0.2) is 67.0 Å². The lowest BCUT2D eigenvalue weighted by Crippen LogP contribution is -2.25. The maximum atomic E-state index is 12.4. The first-order valence-corrected chi connectivity index (χ1v) is 9.41. The number of amides is 1. The first-order chi connectivity index (χ1) is 14.2. The Bertz CT molecular complexity index is 945. The smallest absolute Gasteiger partial charge is 0.252 e. The van der Waals surface area contributed by atoms with Gasteiger partial charge in [0.15, 0.2) is 11.5 Å². The molecule has 0 aliphatic carbocycles. The monoisotopic (exact) mass is 391 g/mol. The van der Waals surface area contributed by atoms with Gasteiger partial charge in [-0.1, -0.05) is 36.4 Å². The topological polar surface area (TPSA) is 72.5 Å². The summed E-state index contributed by atoms with van der Waals surface area (Å²) in [4.78, 5) is 16.6. The molecule has 0 saturated heterocycles. The van der Waals surface area contributed by atoms with E-state index in [9.17, 15) is 4.79 Å². The maximum absolute atomic E-state index is 12.4. The number of methoxy groups -OCH3 is 2. The molecule has 0 aliphatic heterocycles. The van der Waals surface area contributed by atoms with Crippen LogP contribution in [0.5, 0.6) is 11.5 Å². The Kier molecular flexibility index (Phi) is 7.05. The van der Waals surface area contributed by atoms with Crippen LogP contribution in [0, 0.1) is 0 Å². The Hall–Kier alpha value is -3.54. The lowest BCUT2D eigenvalue weighted by molar-refractivity contribution is 0.0954. The second-order valence-electron chi connectivity index (χ2n) is 6.50. The van der Waals surface area contributed by atoms with Gasteiger partial charge in [0.05, 0.1) is 25.5 Å². The lowest BCUT2D eigenvalue weighted by Gasteiger charge is -2.11. The van der Waals surface area contributed by atoms with Gasteiger partial charge in [0.1, 0.15) is 0 Å². The van der Waals surface area contributed by atoms with E-state index < -0.39 is 0 Å². The van der Waals surface area contributed by atoms with Crippen molar-refractivity contribution < 1.29 is 14.3 Å². The number of carbonyl (C=O) groups is 1. The molecule has 2 N–H and O–H groups in total. The second kappa shape index (κ2) is 10.1. The number of benzene rings is 2. The SMILES string of the molecule is COc1ccc(CNc2cncc(C(=O)NCCc3ccccc3)c2)cc1OC. The van der Waals surface area contributed by atoms with Crippen molar-refractivity contribution in [3.8, 4) is 11.5 Å². The van der Waals surface area contributed by atoms with E-state index in [-0.39, 0.29) is 5.91 Å². The van der Waals surface area contributed by atoms with Gasteiger partial charge in [-0.2, -0.15) is 0 Å². The molecule has 0 aliphatic rings. The van der Waals surface area contributed by atoms with Crippen LogP contribution in [0.4, 0.5) is 5.69 Å². The van der Waals surface area contributed by atoms with Crippen molar-refractivity contribution in [2.45, 2.75) is 13.0 Å². The standard InChI is InChI=1S/C23H25N3O3/c1-28-21-9-8-18(12-22(21)29-2)14-26-20-13-19(15-24-16-20)23(27)25-11-10-17-6-4-3-5-7-17/h3-9,12-13,15-16,26H,10-11,14H2,1-2H3,(H,25,27). The van der Waals surface area contributed by atoms with E-state index in [1.54, 1.807) is 32.7 Å². The van der Waals surface area contributed by atoms with Gasteiger partial charge in [-0.3, -0.25) is 9.78 Å². The molecule has 29 heavy (non-hydrogen) atoms. The number of hydrogen-bond acceptors (Lipinski definition) is 5. The molecule has 0 saturated carbocycles. The molecule has 1 heterocycles. The van der Waals surface area contributed by atoms with E-state index in [2.05, 4.69) is 15.6 Å². The van der Waals surface area contributed by atoms with Gasteiger partial charge in [-0.05, 0) is 35.7 Å². The Morgan fingerprint density at radius 3 is 2.48 bits per heavy atom. The average Bonchev–Trinajstić information content (AvgIpc) is 2.78. The zero-order chi connectivity index (χ0) is 20.5. The van der Waals surface area contributed by atoms with Crippen molar-refractivity contribution in [1.82, 2.24) is 10.3 Å². The van der Waals surface area contributed by atoms with E-state index in [4.69, 9.17) is 9.47 Å². The number of pyridine rings is 1. The molecule has 6 nitrogen and oxygen atoms in total. The highest BCUT2D eigenvalue weighted by Crippen LogP contribution is 2.27. The van der Waals surface area contributed by atoms with Crippen molar-refractivity contribution >= 4 is 11.6 Å². The molecular formula is C23H25N3O3. The molecule has 150 valence electrons. The average molecular weight is 391 g/mol. The largest absolute Gasteiger partial charge is 0.493 e. The zero-order valence-electron chi connectivity index (χ0n) is 16.6. The zero-order valence-corrected chi connectivity index (χ0v) is 16.6. The summed E-state index contributed by atoms with van der Waals surface area (Å²) >= 11 is 0. The first-order valence-electron chi connectivity index (χ1n) is 9.41. The molecule has 3 rings (SSSR count). The van der Waals surface area contributed by atoms with Crippen molar-refractivity contribution in [1.29, 1.82) is 0 Å². The maximum Gasteiger partial charge on any atom is 0.252 e. The quantitative estimate of drug-likeness (QED) is 0.582. The summed E-state index contributed by atoms with van der Waals surface area (Å²) in [7, 11) is 3.22. The highest BCUT2D eigenvalue weighted by atomic mass is 16.5. The molecule has 0 bridgehead atoms. The summed E-state index contributed by atoms with van der Waals surface area (Å²) in [5.41, 5.74) is 3.52. The normalized spacial score (nSPS) is 10.3. The van der Waals surface area contributed by atoms with Gasteiger partial charge in [0.2, 0.25) is 0 Å². The molecule has 0 spiro atoms. The first kappa shape index (κ1) is 20.2. The summed E-state index contributed by atoms with van der Waals surface area (Å²) in [5, 5.41) is 6.23. The van der Waals surface area contributed by atoms with Crippen LogP contribution in [0.2, 0.25) is 0 Å². The van der Waals surface area contributed by atoms with Crippen molar-refractivity contribution in [2.75, 3.05) is 26.1 Å². The number of anilines is 1. The van der Waals surface area contributed by atoms with Gasteiger partial charge in [0.25, 0.3) is 5.91 Å². The minimum atomic E-state index is -0.136. The molecule has 0 atom stereocenters. The molecule has 3 aromatic rings. The third-order valence-corrected chi connectivity index (χ3v) is 4.49. The van der Waals surface area contributed by atoms with Gasteiger partial charge in [-0.15, -0.1) is 0 Å². The van der Waals surface area contributed by atoms with Crippen LogP contribution in [0.3, 0.4) is 0 Å². The molecule has 1 amide bonds. The fourth-order valence-electron chi connectivity index (χ4n) is 2.92. The molecule has 0 unspecified atom stereocenters. The summed E-state index contributed by atoms with van der Waals surface area (Å²) < 4.78 is 10.6. The predicted molar refractivity (Wildman–Crippen MR) is 114 cm³/mol. The molecule has 0 fully saturated rings. The highest BCUT2D eigenvalue weighted by Gasteiger charge is 2.08. The van der Waals surface area contributed by atoms with Crippen molar-refractivity contribution in [3.05, 3.63) is 83.7 Å². The van der Waals surface area contributed by atoms with Gasteiger partial charge < -0.3 is 20.1 Å². The minimum Gasteiger partial charge on any atom is -0.493 e. The van der Waals surface area contributed by atoms with Gasteiger partial charge in [-0.25, -0.2) is 0 Å². The Balaban J connectivity index is 1.55. The number of ether oxygens (including phenoxy) is 2. The molecular weight excluding hydrogens is 366 g/mol. The Morgan fingerprint density at radius 1 is 0.931 bits per heavy atom. The lowest BCUT2D eigenvalue weighted by atomic mass is 10.1. The number of nitrogens with one attached hydrogen (secondary N) is 2. The van der Waals surface area contributed by atoms with E-state index in [0.29, 0.717) is 30.2 Å². The highest BCUT2D eigenvalue weighted by molar-refractivity contribution is 5.94. The summed E-state index contributed by atoms with van der Waals surface area (Å²) in [5.74, 6) is 1.23. The molecule has 6 heteroatoms. The van der Waals surface area contributed by atoms with E-state index in [1.807, 2.05) is 48.5 Å². The number of hydrogen-bond donors (Lipinski definition) is 2. The van der Waals surface area contributed by atoms with Crippen LogP contribution in [-0.4, -0.2) is 31.7 Å². The number of rotatable bonds is 9. The Morgan fingerprint density at radius 2 is 1.72 bits per heavy atom. The number of carbonyl (C=O) groups excluding carboxylic acids is 1. The third kappa shape index (κ3) is 5.72. The fraction of sp³-hybridized carbons (Fsp3) is 0.217. The van der Waals surface area contributed by atoms with Crippen molar-refractivity contribution in [2.24, 2.45) is 0 Å². The summed E-state index contributed by atoms with van der Waals surface area (Å²) in [6.07, 6.45) is 4.05.